The van der Waals surface area contributed by atoms with Crippen LogP contribution in [0.4, 0.5) is 5.69 Å². The highest BCUT2D eigenvalue weighted by Gasteiger charge is 2.04. The maximum absolute atomic E-state index is 11.9. The number of thiophene rings is 1. The fraction of sp³-hybridized carbons (Fsp3) is 0.235. The average molecular weight is 349 g/mol. The number of hydrogen-bond donors (Lipinski definition) is 1. The van der Waals surface area contributed by atoms with Gasteiger partial charge in [-0.05, 0) is 35.2 Å². The maximum Gasteiger partial charge on any atom is 0.248 e. The summed E-state index contributed by atoms with van der Waals surface area (Å²) in [6.45, 7) is 0.483. The van der Waals surface area contributed by atoms with Crippen molar-refractivity contribution in [3.63, 3.8) is 0 Å². The quantitative estimate of drug-likeness (QED) is 0.744. The number of benzene rings is 1. The van der Waals surface area contributed by atoms with Crippen molar-refractivity contribution in [3.05, 3.63) is 58.3 Å². The molecule has 0 saturated carbocycles. The molecule has 2 rings (SSSR count). The third-order valence-corrected chi connectivity index (χ3v) is 5.09. The first kappa shape index (κ1) is 17.6. The second kappa shape index (κ2) is 9.39. The van der Waals surface area contributed by atoms with Gasteiger partial charge in [0.25, 0.3) is 0 Å². The van der Waals surface area contributed by atoms with Gasteiger partial charge in [-0.3, -0.25) is 9.00 Å². The van der Waals surface area contributed by atoms with Crippen LogP contribution in [-0.4, -0.2) is 29.6 Å². The predicted molar refractivity (Wildman–Crippen MR) is 97.0 cm³/mol. The molecule has 0 bridgehead atoms. The van der Waals surface area contributed by atoms with E-state index < -0.39 is 10.8 Å². The van der Waals surface area contributed by atoms with Gasteiger partial charge in [-0.2, -0.15) is 0 Å². The summed E-state index contributed by atoms with van der Waals surface area (Å²) in [6.07, 6.45) is 3.29. The van der Waals surface area contributed by atoms with Crippen molar-refractivity contribution in [2.45, 2.75) is 5.75 Å². The van der Waals surface area contributed by atoms with Crippen molar-refractivity contribution >= 4 is 39.8 Å². The van der Waals surface area contributed by atoms with Gasteiger partial charge in [-0.25, -0.2) is 0 Å². The first-order valence-corrected chi connectivity index (χ1v) is 9.49. The highest BCUT2D eigenvalue weighted by Crippen LogP contribution is 2.14. The van der Waals surface area contributed by atoms with Crippen molar-refractivity contribution in [3.8, 4) is 0 Å². The lowest BCUT2D eigenvalue weighted by atomic mass is 10.2. The predicted octanol–water partition coefficient (Wildman–Crippen LogP) is 3.30. The monoisotopic (exact) mass is 349 g/mol. The molecule has 0 unspecified atom stereocenters. The summed E-state index contributed by atoms with van der Waals surface area (Å²) in [6, 6.07) is 11.3. The Morgan fingerprint density at radius 3 is 2.96 bits per heavy atom. The van der Waals surface area contributed by atoms with Crippen LogP contribution in [-0.2, 0) is 26.1 Å². The van der Waals surface area contributed by atoms with E-state index >= 15 is 0 Å². The van der Waals surface area contributed by atoms with E-state index in [1.807, 2.05) is 41.8 Å². The Labute approximate surface area is 142 Å². The molecule has 1 aromatic heterocycles. The Hall–Kier alpha value is -1.76. The van der Waals surface area contributed by atoms with Crippen LogP contribution in [0.2, 0.25) is 0 Å². The average Bonchev–Trinajstić information content (AvgIpc) is 3.05. The lowest BCUT2D eigenvalue weighted by Gasteiger charge is -2.06. The van der Waals surface area contributed by atoms with Crippen LogP contribution in [0.25, 0.3) is 6.08 Å². The summed E-state index contributed by atoms with van der Waals surface area (Å²) in [4.78, 5) is 12.9. The van der Waals surface area contributed by atoms with E-state index in [-0.39, 0.29) is 5.91 Å². The van der Waals surface area contributed by atoms with Crippen molar-refractivity contribution in [2.24, 2.45) is 0 Å². The molecule has 0 fully saturated rings. The minimum atomic E-state index is -0.966. The third kappa shape index (κ3) is 6.48. The number of nitrogens with one attached hydrogen (secondary N) is 1. The highest BCUT2D eigenvalue weighted by molar-refractivity contribution is 7.84. The fourth-order valence-electron chi connectivity index (χ4n) is 1.90. The van der Waals surface area contributed by atoms with Crippen molar-refractivity contribution in [2.75, 3.05) is 24.8 Å². The lowest BCUT2D eigenvalue weighted by Crippen LogP contribution is -2.09. The number of anilines is 1. The molecule has 0 spiro atoms. The molecule has 1 atom stereocenters. The summed E-state index contributed by atoms with van der Waals surface area (Å²) in [5.74, 6) is 0.783. The molecule has 4 nitrogen and oxygen atoms in total. The number of carbonyl (C=O) groups is 1. The van der Waals surface area contributed by atoms with E-state index in [0.29, 0.717) is 23.8 Å². The van der Waals surface area contributed by atoms with Crippen molar-refractivity contribution < 1.29 is 13.7 Å². The highest BCUT2D eigenvalue weighted by atomic mass is 32.2. The van der Waals surface area contributed by atoms with Crippen LogP contribution in [0, 0.1) is 0 Å². The molecule has 1 amide bonds. The number of hydrogen-bond acceptors (Lipinski definition) is 4. The van der Waals surface area contributed by atoms with E-state index in [1.165, 1.54) is 6.08 Å². The number of methoxy groups -OCH3 is 1. The molecule has 0 aliphatic carbocycles. The molecule has 0 aliphatic heterocycles. The summed E-state index contributed by atoms with van der Waals surface area (Å²) in [5.41, 5.74) is 1.63. The van der Waals surface area contributed by atoms with E-state index in [9.17, 15) is 9.00 Å². The fourth-order valence-corrected chi connectivity index (χ4v) is 3.57. The van der Waals surface area contributed by atoms with Crippen molar-refractivity contribution in [1.82, 2.24) is 0 Å². The number of amides is 1. The van der Waals surface area contributed by atoms with Gasteiger partial charge < -0.3 is 10.1 Å². The maximum atomic E-state index is 11.9. The van der Waals surface area contributed by atoms with Crippen LogP contribution in [0.5, 0.6) is 0 Å². The van der Waals surface area contributed by atoms with Crippen LogP contribution in [0.3, 0.4) is 0 Å². The third-order valence-electron chi connectivity index (χ3n) is 2.98. The number of carbonyl (C=O) groups excluding carboxylic acids is 1. The Bertz CT molecular complexity index is 681. The van der Waals surface area contributed by atoms with Crippen LogP contribution in [0.1, 0.15) is 10.4 Å². The molecular formula is C17H19NO3S2. The molecule has 1 N–H and O–H groups in total. The molecule has 23 heavy (non-hydrogen) atoms. The topological polar surface area (TPSA) is 55.4 Å². The van der Waals surface area contributed by atoms with E-state index in [4.69, 9.17) is 4.74 Å². The molecule has 0 saturated heterocycles. The van der Waals surface area contributed by atoms with Crippen molar-refractivity contribution in [1.29, 1.82) is 0 Å². The van der Waals surface area contributed by atoms with E-state index in [2.05, 4.69) is 5.32 Å². The Morgan fingerprint density at radius 1 is 1.35 bits per heavy atom. The first-order chi connectivity index (χ1) is 11.2. The van der Waals surface area contributed by atoms with Gasteiger partial charge >= 0.3 is 0 Å². The first-order valence-electron chi connectivity index (χ1n) is 7.13. The number of rotatable bonds is 8. The summed E-state index contributed by atoms with van der Waals surface area (Å²) < 4.78 is 16.8. The minimum absolute atomic E-state index is 0.184. The van der Waals surface area contributed by atoms with Gasteiger partial charge in [0.15, 0.2) is 0 Å². The smallest absolute Gasteiger partial charge is 0.248 e. The summed E-state index contributed by atoms with van der Waals surface area (Å²) >= 11 is 1.58. The molecular weight excluding hydrogens is 330 g/mol. The van der Waals surface area contributed by atoms with Gasteiger partial charge in [0.1, 0.15) is 0 Å². The van der Waals surface area contributed by atoms with Gasteiger partial charge in [-0.15, -0.1) is 11.3 Å². The van der Waals surface area contributed by atoms with Gasteiger partial charge in [0.05, 0.1) is 6.61 Å². The number of ether oxygens (including phenoxy) is 1. The van der Waals surface area contributed by atoms with Crippen LogP contribution < -0.4 is 5.32 Å². The Kier molecular flexibility index (Phi) is 7.19. The second-order valence-electron chi connectivity index (χ2n) is 4.82. The zero-order chi connectivity index (χ0) is 16.5. The Balaban J connectivity index is 1.91. The van der Waals surface area contributed by atoms with E-state index in [1.54, 1.807) is 24.5 Å². The van der Waals surface area contributed by atoms with Crippen LogP contribution in [0.15, 0.2) is 47.9 Å². The zero-order valence-corrected chi connectivity index (χ0v) is 14.5. The van der Waals surface area contributed by atoms with Crippen LogP contribution >= 0.6 is 11.3 Å². The largest absolute Gasteiger partial charge is 0.384 e. The standard InChI is InChI=1S/C17H19NO3S2/c1-21-9-11-23(20)13-14-4-2-5-15(12-14)18-17(19)8-7-16-6-3-10-22-16/h2-8,10,12H,9,11,13H2,1H3,(H,18,19)/b8-7-/t23-/m0/s1. The molecule has 0 aliphatic rings. The Morgan fingerprint density at radius 2 is 2.22 bits per heavy atom. The summed E-state index contributed by atoms with van der Waals surface area (Å²) in [7, 11) is 0.628. The lowest BCUT2D eigenvalue weighted by molar-refractivity contribution is -0.111. The summed E-state index contributed by atoms with van der Waals surface area (Å²) in [5, 5.41) is 4.78. The molecule has 6 heteroatoms. The normalized spacial score (nSPS) is 12.4. The van der Waals surface area contributed by atoms with Gasteiger partial charge in [0.2, 0.25) is 5.91 Å². The molecule has 0 radical (unpaired) electrons. The van der Waals surface area contributed by atoms with Gasteiger partial charge in [0, 0.05) is 46.1 Å². The SMILES string of the molecule is COCC[S@](=O)Cc1cccc(NC(=O)/C=C\c2cccs2)c1. The molecule has 2 aromatic rings. The molecule has 1 heterocycles. The van der Waals surface area contributed by atoms with E-state index in [0.717, 1.165) is 10.4 Å². The minimum Gasteiger partial charge on any atom is -0.384 e. The molecule has 1 aromatic carbocycles. The van der Waals surface area contributed by atoms with Gasteiger partial charge in [-0.1, -0.05) is 18.2 Å². The molecule has 122 valence electrons. The zero-order valence-electron chi connectivity index (χ0n) is 12.9. The second-order valence-corrected chi connectivity index (χ2v) is 7.38.